The zero-order valence-corrected chi connectivity index (χ0v) is 23.1. The van der Waals surface area contributed by atoms with E-state index in [2.05, 4.69) is 21.0 Å². The quantitative estimate of drug-likeness (QED) is 0.187. The average Bonchev–Trinajstić information content (AvgIpc) is 3.39. The minimum absolute atomic E-state index is 0.200. The van der Waals surface area contributed by atoms with Crippen LogP contribution in [0.2, 0.25) is 5.02 Å². The molecule has 0 radical (unpaired) electrons. The molecule has 2 heterocycles. The Labute approximate surface area is 235 Å². The number of methoxy groups -OCH3 is 1. The molecule has 39 heavy (non-hydrogen) atoms. The maximum atomic E-state index is 13.6. The van der Waals surface area contributed by atoms with Gasteiger partial charge in [-0.3, -0.25) is 4.79 Å². The number of hydrogen-bond donors (Lipinski definition) is 0. The summed E-state index contributed by atoms with van der Waals surface area (Å²) in [6.45, 7) is 1.95. The van der Waals surface area contributed by atoms with Gasteiger partial charge in [0.2, 0.25) is 5.82 Å². The van der Waals surface area contributed by atoms with Crippen molar-refractivity contribution in [2.45, 2.75) is 6.92 Å². The number of halogens is 2. The van der Waals surface area contributed by atoms with E-state index in [1.54, 1.807) is 49.6 Å². The van der Waals surface area contributed by atoms with E-state index in [0.29, 0.717) is 50.4 Å². The highest BCUT2D eigenvalue weighted by Crippen LogP contribution is 2.42. The van der Waals surface area contributed by atoms with Crippen LogP contribution in [0.5, 0.6) is 17.2 Å². The summed E-state index contributed by atoms with van der Waals surface area (Å²) in [5.41, 5.74) is 1.19. The van der Waals surface area contributed by atoms with Crippen molar-refractivity contribution in [1.82, 2.24) is 9.66 Å². The van der Waals surface area contributed by atoms with Crippen LogP contribution in [0.25, 0.3) is 33.5 Å². The summed E-state index contributed by atoms with van der Waals surface area (Å²) in [7, 11) is 1.58. The highest BCUT2D eigenvalue weighted by molar-refractivity contribution is 9.10. The number of para-hydroxylation sites is 1. The van der Waals surface area contributed by atoms with Gasteiger partial charge in [0, 0.05) is 10.0 Å². The van der Waals surface area contributed by atoms with E-state index in [-0.39, 0.29) is 28.8 Å². The van der Waals surface area contributed by atoms with Gasteiger partial charge in [-0.25, -0.2) is 4.98 Å². The summed E-state index contributed by atoms with van der Waals surface area (Å²) in [6.07, 6.45) is 1.46. The highest BCUT2D eigenvalue weighted by Gasteiger charge is 2.20. The third kappa shape index (κ3) is 4.94. The number of furan rings is 1. The first-order valence-electron chi connectivity index (χ1n) is 11.7. The lowest BCUT2D eigenvalue weighted by molar-refractivity contribution is 0.298. The smallest absolute Gasteiger partial charge is 0.282 e. The molecule has 0 aliphatic rings. The Kier molecular flexibility index (Phi) is 7.54. The van der Waals surface area contributed by atoms with Gasteiger partial charge in [-0.15, -0.1) is 0 Å². The minimum atomic E-state index is -0.388. The van der Waals surface area contributed by atoms with Crippen LogP contribution in [-0.2, 0) is 0 Å². The molecule has 0 unspecified atom stereocenters. The molecule has 0 fully saturated rings. The molecule has 0 amide bonds. The van der Waals surface area contributed by atoms with E-state index < -0.39 is 0 Å². The van der Waals surface area contributed by atoms with Gasteiger partial charge in [0.15, 0.2) is 23.9 Å². The van der Waals surface area contributed by atoms with Gasteiger partial charge in [0.1, 0.15) is 22.4 Å². The molecule has 0 atom stereocenters. The summed E-state index contributed by atoms with van der Waals surface area (Å²) in [5.74, 6) is 1.72. The van der Waals surface area contributed by atoms with Crippen LogP contribution in [0.3, 0.4) is 0 Å². The second-order valence-corrected chi connectivity index (χ2v) is 9.27. The van der Waals surface area contributed by atoms with Crippen LogP contribution in [0, 0.1) is 11.3 Å². The van der Waals surface area contributed by atoms with E-state index in [9.17, 15) is 4.79 Å². The molecule has 11 heteroatoms. The van der Waals surface area contributed by atoms with Gasteiger partial charge in [-0.05, 0) is 59.3 Å². The molecule has 9 nitrogen and oxygen atoms in total. The van der Waals surface area contributed by atoms with Crippen molar-refractivity contribution in [1.29, 1.82) is 5.26 Å². The molecular formula is C28H20BrClN4O5. The molecule has 196 valence electrons. The zero-order valence-electron chi connectivity index (χ0n) is 20.8. The minimum Gasteiger partial charge on any atom is -0.496 e. The normalized spacial score (nSPS) is 11.3. The Morgan fingerprint density at radius 3 is 2.74 bits per heavy atom. The van der Waals surface area contributed by atoms with Crippen molar-refractivity contribution in [2.75, 3.05) is 20.3 Å². The summed E-state index contributed by atoms with van der Waals surface area (Å²) in [6, 6.07) is 17.8. The molecule has 3 aromatic carbocycles. The highest BCUT2D eigenvalue weighted by atomic mass is 79.9. The van der Waals surface area contributed by atoms with Crippen LogP contribution in [0.1, 0.15) is 12.5 Å². The third-order valence-corrected chi connectivity index (χ3v) is 7.21. The fourth-order valence-corrected chi connectivity index (χ4v) is 4.69. The van der Waals surface area contributed by atoms with Crippen LogP contribution in [-0.4, -0.2) is 36.2 Å². The van der Waals surface area contributed by atoms with Crippen LogP contribution in [0.15, 0.2) is 73.4 Å². The fourth-order valence-electron chi connectivity index (χ4n) is 4.03. The average molecular weight is 608 g/mol. The molecular weight excluding hydrogens is 588 g/mol. The molecule has 0 bridgehead atoms. The number of nitrogens with zero attached hydrogens (tertiary/aromatic N) is 4. The molecule has 0 aliphatic heterocycles. The molecule has 0 spiro atoms. The standard InChI is InChI=1S/C28H20BrClN4O5/c1-3-37-22-13-16(24(29)25(30)26(22)38-12-11-31)15-32-34-27(33-19-8-5-4-7-17(19)28(34)35)23-14-18-20(36-2)9-6-10-21(18)39-23/h4-10,13-15H,3,12H2,1-2H3. The van der Waals surface area contributed by atoms with Crippen molar-refractivity contribution in [3.05, 3.63) is 80.0 Å². The Hall–Kier alpha value is -4.33. The lowest BCUT2D eigenvalue weighted by atomic mass is 10.2. The maximum Gasteiger partial charge on any atom is 0.282 e. The van der Waals surface area contributed by atoms with Crippen molar-refractivity contribution >= 4 is 55.6 Å². The van der Waals surface area contributed by atoms with Crippen molar-refractivity contribution < 1.29 is 18.6 Å². The first-order valence-corrected chi connectivity index (χ1v) is 12.9. The molecule has 5 rings (SSSR count). The second kappa shape index (κ2) is 11.2. The van der Waals surface area contributed by atoms with E-state index >= 15 is 0 Å². The largest absolute Gasteiger partial charge is 0.496 e. The molecule has 0 saturated carbocycles. The number of fused-ring (bicyclic) bond motifs is 2. The molecule has 0 N–H and O–H groups in total. The number of aromatic nitrogens is 2. The Bertz CT molecular complexity index is 1840. The topological polar surface area (TPSA) is 112 Å². The number of rotatable bonds is 8. The van der Waals surface area contributed by atoms with Crippen molar-refractivity contribution in [2.24, 2.45) is 5.10 Å². The van der Waals surface area contributed by atoms with E-state index in [1.165, 1.54) is 10.9 Å². The van der Waals surface area contributed by atoms with E-state index in [4.69, 9.17) is 40.5 Å². The molecule has 0 saturated heterocycles. The lowest BCUT2D eigenvalue weighted by Crippen LogP contribution is -2.20. The Morgan fingerprint density at radius 1 is 1.15 bits per heavy atom. The van der Waals surface area contributed by atoms with Gasteiger partial charge in [0.25, 0.3) is 5.56 Å². The SMILES string of the molecule is CCOc1cc(C=Nn2c(-c3cc4c(OC)cccc4o3)nc3ccccc3c2=O)c(Br)c(Cl)c1OCC#N. The maximum absolute atomic E-state index is 13.6. The first-order chi connectivity index (χ1) is 19.0. The van der Waals surface area contributed by atoms with Gasteiger partial charge < -0.3 is 18.6 Å². The summed E-state index contributed by atoms with van der Waals surface area (Å²) >= 11 is 10.0. The number of hydrogen-bond acceptors (Lipinski definition) is 8. The summed E-state index contributed by atoms with van der Waals surface area (Å²) < 4.78 is 24.3. The Balaban J connectivity index is 1.69. The number of benzene rings is 3. The number of nitriles is 1. The van der Waals surface area contributed by atoms with Crippen molar-refractivity contribution in [3.8, 4) is 34.9 Å². The summed E-state index contributed by atoms with van der Waals surface area (Å²) in [5, 5.41) is 14.7. The third-order valence-electron chi connectivity index (χ3n) is 5.76. The van der Waals surface area contributed by atoms with Crippen LogP contribution >= 0.6 is 27.5 Å². The van der Waals surface area contributed by atoms with Gasteiger partial charge >= 0.3 is 0 Å². The summed E-state index contributed by atoms with van der Waals surface area (Å²) in [4.78, 5) is 18.3. The second-order valence-electron chi connectivity index (χ2n) is 8.10. The van der Waals surface area contributed by atoms with E-state index in [1.807, 2.05) is 25.1 Å². The molecule has 2 aromatic heterocycles. The van der Waals surface area contributed by atoms with Crippen LogP contribution in [0.4, 0.5) is 0 Å². The van der Waals surface area contributed by atoms with Crippen molar-refractivity contribution in [3.63, 3.8) is 0 Å². The Morgan fingerprint density at radius 2 is 1.97 bits per heavy atom. The number of ether oxygens (including phenoxy) is 3. The molecule has 0 aliphatic carbocycles. The molecule has 5 aromatic rings. The monoisotopic (exact) mass is 606 g/mol. The lowest BCUT2D eigenvalue weighted by Gasteiger charge is -2.14. The predicted octanol–water partition coefficient (Wildman–Crippen LogP) is 6.42. The van der Waals surface area contributed by atoms with Gasteiger partial charge in [-0.2, -0.15) is 15.0 Å². The predicted molar refractivity (Wildman–Crippen MR) is 152 cm³/mol. The fraction of sp³-hybridized carbons (Fsp3) is 0.143. The van der Waals surface area contributed by atoms with Gasteiger partial charge in [-0.1, -0.05) is 29.8 Å². The van der Waals surface area contributed by atoms with Gasteiger partial charge in [0.05, 0.1) is 36.2 Å². The zero-order chi connectivity index (χ0) is 27.5. The van der Waals surface area contributed by atoms with Crippen LogP contribution < -0.4 is 19.8 Å². The van der Waals surface area contributed by atoms with E-state index in [0.717, 1.165) is 5.39 Å². The first kappa shape index (κ1) is 26.3.